The van der Waals surface area contributed by atoms with Gasteiger partial charge >= 0.3 is 0 Å². The highest BCUT2D eigenvalue weighted by Gasteiger charge is 2.08. The average molecular weight is 385 g/mol. The Bertz CT molecular complexity index is 1080. The van der Waals surface area contributed by atoms with Gasteiger partial charge in [0.1, 0.15) is 5.75 Å². The van der Waals surface area contributed by atoms with E-state index in [9.17, 15) is 0 Å². The van der Waals surface area contributed by atoms with Crippen LogP contribution in [0.5, 0.6) is 5.75 Å². The Morgan fingerprint density at radius 2 is 1.71 bits per heavy atom. The number of nitrogens with one attached hydrogen (secondary N) is 1. The summed E-state index contributed by atoms with van der Waals surface area (Å²) in [6.45, 7) is 0. The SMILES string of the molecule is COc1ccc(N=CC=C(Sc2nc3ccccc3[nH]2)c2ccccc2)cc1. The molecular formula is C23H19N3OS. The Balaban J connectivity index is 1.61. The van der Waals surface area contributed by atoms with Crippen LogP contribution < -0.4 is 4.74 Å². The lowest BCUT2D eigenvalue weighted by Crippen LogP contribution is -1.83. The Labute approximate surface area is 168 Å². The van der Waals surface area contributed by atoms with Crippen LogP contribution in [0.25, 0.3) is 15.9 Å². The zero-order valence-corrected chi connectivity index (χ0v) is 16.2. The van der Waals surface area contributed by atoms with E-state index in [4.69, 9.17) is 4.74 Å². The molecule has 1 aromatic heterocycles. The number of para-hydroxylation sites is 2. The zero-order valence-electron chi connectivity index (χ0n) is 15.4. The largest absolute Gasteiger partial charge is 0.497 e. The van der Waals surface area contributed by atoms with Crippen molar-refractivity contribution in [3.8, 4) is 5.75 Å². The van der Waals surface area contributed by atoms with E-state index < -0.39 is 0 Å². The molecule has 4 nitrogen and oxygen atoms in total. The fourth-order valence-corrected chi connectivity index (χ4v) is 3.63. The number of aromatic nitrogens is 2. The monoisotopic (exact) mass is 385 g/mol. The maximum atomic E-state index is 5.18. The highest BCUT2D eigenvalue weighted by molar-refractivity contribution is 8.08. The van der Waals surface area contributed by atoms with Crippen molar-refractivity contribution in [3.05, 3.63) is 90.5 Å². The number of aromatic amines is 1. The second-order valence-corrected chi connectivity index (χ2v) is 7.06. The maximum absolute atomic E-state index is 5.18. The maximum Gasteiger partial charge on any atom is 0.171 e. The zero-order chi connectivity index (χ0) is 19.2. The van der Waals surface area contributed by atoms with Gasteiger partial charge in [0, 0.05) is 11.1 Å². The van der Waals surface area contributed by atoms with Crippen LogP contribution >= 0.6 is 11.8 Å². The van der Waals surface area contributed by atoms with Gasteiger partial charge in [-0.1, -0.05) is 54.2 Å². The topological polar surface area (TPSA) is 50.3 Å². The number of methoxy groups -OCH3 is 1. The lowest BCUT2D eigenvalue weighted by molar-refractivity contribution is 0.415. The molecule has 0 atom stereocenters. The highest BCUT2D eigenvalue weighted by atomic mass is 32.2. The number of nitrogens with zero attached hydrogens (tertiary/aromatic N) is 2. The van der Waals surface area contributed by atoms with E-state index in [1.54, 1.807) is 18.9 Å². The smallest absolute Gasteiger partial charge is 0.171 e. The average Bonchev–Trinajstić information content (AvgIpc) is 3.16. The molecule has 0 aliphatic carbocycles. The van der Waals surface area contributed by atoms with Crippen molar-refractivity contribution in [2.24, 2.45) is 4.99 Å². The van der Waals surface area contributed by atoms with Crippen LogP contribution in [0.1, 0.15) is 5.56 Å². The fraction of sp³-hybridized carbons (Fsp3) is 0.0435. The molecule has 1 N–H and O–H groups in total. The van der Waals surface area contributed by atoms with Crippen LogP contribution in [0, 0.1) is 0 Å². The molecule has 0 spiro atoms. The summed E-state index contributed by atoms with van der Waals surface area (Å²) in [5.74, 6) is 0.819. The van der Waals surface area contributed by atoms with Crippen LogP contribution in [0.2, 0.25) is 0 Å². The van der Waals surface area contributed by atoms with Gasteiger partial charge in [-0.3, -0.25) is 4.99 Å². The minimum atomic E-state index is 0.819. The van der Waals surface area contributed by atoms with Crippen LogP contribution in [-0.2, 0) is 0 Å². The molecule has 0 fully saturated rings. The molecule has 138 valence electrons. The molecule has 0 radical (unpaired) electrons. The van der Waals surface area contributed by atoms with Crippen molar-refractivity contribution in [2.45, 2.75) is 5.16 Å². The van der Waals surface area contributed by atoms with Gasteiger partial charge in [-0.2, -0.15) is 0 Å². The van der Waals surface area contributed by atoms with Gasteiger partial charge in [0.05, 0.1) is 23.8 Å². The van der Waals surface area contributed by atoms with Crippen LogP contribution in [0.15, 0.2) is 95.1 Å². The first-order chi connectivity index (χ1) is 13.8. The van der Waals surface area contributed by atoms with E-state index in [-0.39, 0.29) is 0 Å². The number of hydrogen-bond donors (Lipinski definition) is 1. The molecule has 4 rings (SSSR count). The number of H-pyrrole nitrogens is 1. The standard InChI is InChI=1S/C23H19N3OS/c1-27-19-13-11-18(12-14-19)24-16-15-22(17-7-3-2-4-8-17)28-23-25-20-9-5-6-10-21(20)26-23/h2-16H,1H3,(H,25,26). The molecule has 0 bridgehead atoms. The fourth-order valence-electron chi connectivity index (χ4n) is 2.73. The second kappa shape index (κ2) is 8.59. The first-order valence-electron chi connectivity index (χ1n) is 8.88. The molecule has 0 saturated heterocycles. The van der Waals surface area contributed by atoms with Gasteiger partial charge < -0.3 is 9.72 Å². The third-order valence-electron chi connectivity index (χ3n) is 4.15. The summed E-state index contributed by atoms with van der Waals surface area (Å²) in [6.07, 6.45) is 3.83. The molecule has 0 saturated carbocycles. The second-order valence-electron chi connectivity index (χ2n) is 6.03. The third-order valence-corrected chi connectivity index (χ3v) is 5.13. The molecule has 0 unspecified atom stereocenters. The minimum Gasteiger partial charge on any atom is -0.497 e. The lowest BCUT2D eigenvalue weighted by atomic mass is 10.2. The van der Waals surface area contributed by atoms with E-state index in [2.05, 4.69) is 27.1 Å². The number of ether oxygens (including phenoxy) is 1. The van der Waals surface area contributed by atoms with Gasteiger partial charge in [-0.05, 0) is 48.0 Å². The molecule has 0 aliphatic rings. The third kappa shape index (κ3) is 4.32. The summed E-state index contributed by atoms with van der Waals surface area (Å²) >= 11 is 1.59. The number of thioether (sulfide) groups is 1. The molecule has 0 aliphatic heterocycles. The van der Waals surface area contributed by atoms with E-state index in [1.165, 1.54) is 0 Å². The van der Waals surface area contributed by atoms with Crippen molar-refractivity contribution in [2.75, 3.05) is 7.11 Å². The van der Waals surface area contributed by atoms with Crippen LogP contribution in [0.3, 0.4) is 0 Å². The molecule has 1 heterocycles. The first kappa shape index (κ1) is 18.1. The van der Waals surface area contributed by atoms with E-state index >= 15 is 0 Å². The first-order valence-corrected chi connectivity index (χ1v) is 9.70. The van der Waals surface area contributed by atoms with Crippen molar-refractivity contribution < 1.29 is 4.74 Å². The Hall–Kier alpha value is -3.31. The normalized spacial score (nSPS) is 12.0. The molecule has 28 heavy (non-hydrogen) atoms. The summed E-state index contributed by atoms with van der Waals surface area (Å²) in [7, 11) is 1.66. The molecule has 3 aromatic carbocycles. The Morgan fingerprint density at radius 1 is 0.964 bits per heavy atom. The van der Waals surface area contributed by atoms with Gasteiger partial charge in [0.15, 0.2) is 5.16 Å². The summed E-state index contributed by atoms with van der Waals surface area (Å²) < 4.78 is 5.18. The van der Waals surface area contributed by atoms with Crippen LogP contribution in [0.4, 0.5) is 5.69 Å². The summed E-state index contributed by atoms with van der Waals surface area (Å²) in [5.41, 5.74) is 3.99. The predicted molar refractivity (Wildman–Crippen MR) is 118 cm³/mol. The van der Waals surface area contributed by atoms with Crippen molar-refractivity contribution >= 4 is 39.6 Å². The summed E-state index contributed by atoms with van der Waals surface area (Å²) in [6, 6.07) is 25.9. The van der Waals surface area contributed by atoms with E-state index in [1.807, 2.05) is 79.0 Å². The van der Waals surface area contributed by atoms with E-state index in [0.29, 0.717) is 0 Å². The highest BCUT2D eigenvalue weighted by Crippen LogP contribution is 2.33. The van der Waals surface area contributed by atoms with Gasteiger partial charge in [0.25, 0.3) is 0 Å². The van der Waals surface area contributed by atoms with Gasteiger partial charge in [-0.25, -0.2) is 4.98 Å². The number of allylic oxidation sites excluding steroid dienone is 1. The predicted octanol–water partition coefficient (Wildman–Crippen LogP) is 6.11. The molecular weight excluding hydrogens is 366 g/mol. The summed E-state index contributed by atoms with van der Waals surface area (Å²) in [4.78, 5) is 13.6. The van der Waals surface area contributed by atoms with Crippen LogP contribution in [-0.4, -0.2) is 23.3 Å². The van der Waals surface area contributed by atoms with Gasteiger partial charge in [0.2, 0.25) is 0 Å². The Kier molecular flexibility index (Phi) is 5.54. The molecule has 5 heteroatoms. The number of aliphatic imine (C=N–C) groups is 1. The number of rotatable bonds is 6. The van der Waals surface area contributed by atoms with Gasteiger partial charge in [-0.15, -0.1) is 0 Å². The summed E-state index contributed by atoms with van der Waals surface area (Å²) in [5, 5.41) is 0.856. The van der Waals surface area contributed by atoms with E-state index in [0.717, 1.165) is 38.1 Å². The Morgan fingerprint density at radius 3 is 2.46 bits per heavy atom. The molecule has 0 amide bonds. The van der Waals surface area contributed by atoms with Crippen molar-refractivity contribution in [1.82, 2.24) is 9.97 Å². The number of fused-ring (bicyclic) bond motifs is 1. The number of hydrogen-bond acceptors (Lipinski definition) is 4. The lowest BCUT2D eigenvalue weighted by Gasteiger charge is -2.04. The van der Waals surface area contributed by atoms with Crippen molar-refractivity contribution in [1.29, 1.82) is 0 Å². The van der Waals surface area contributed by atoms with Crippen molar-refractivity contribution in [3.63, 3.8) is 0 Å². The number of imidazole rings is 1. The quantitative estimate of drug-likeness (QED) is 0.322. The minimum absolute atomic E-state index is 0.819. The number of benzene rings is 3. The molecule has 4 aromatic rings.